The molecule has 0 spiro atoms. The molecule has 1 aromatic carbocycles. The normalized spacial score (nSPS) is 18.9. The molecule has 21 heavy (non-hydrogen) atoms. The summed E-state index contributed by atoms with van der Waals surface area (Å²) in [6.45, 7) is 8.91. The van der Waals surface area contributed by atoms with Crippen molar-refractivity contribution in [1.29, 1.82) is 0 Å². The predicted octanol–water partition coefficient (Wildman–Crippen LogP) is 2.86. The van der Waals surface area contributed by atoms with Crippen LogP contribution in [0.1, 0.15) is 30.9 Å². The van der Waals surface area contributed by atoms with E-state index in [-0.39, 0.29) is 12.4 Å². The van der Waals surface area contributed by atoms with Crippen molar-refractivity contribution in [3.05, 3.63) is 29.3 Å². The molecule has 0 aliphatic carbocycles. The molecular formula is C17H27ClN2O. The minimum Gasteiger partial charge on any atom is -0.493 e. The monoisotopic (exact) mass is 310 g/mol. The number of rotatable bonds is 5. The summed E-state index contributed by atoms with van der Waals surface area (Å²) in [6.07, 6.45) is 3.75. The van der Waals surface area contributed by atoms with Crippen molar-refractivity contribution in [3.63, 3.8) is 0 Å². The SMILES string of the molecule is CCNCC1CCN(Cc2ccc3c(c2)CCO3)CC1.Cl. The second-order valence-electron chi connectivity index (χ2n) is 6.07. The quantitative estimate of drug-likeness (QED) is 0.905. The average Bonchev–Trinajstić information content (AvgIpc) is 2.94. The Morgan fingerprint density at radius 3 is 2.86 bits per heavy atom. The first-order chi connectivity index (χ1) is 9.85. The topological polar surface area (TPSA) is 24.5 Å². The molecule has 1 aromatic rings. The van der Waals surface area contributed by atoms with Crippen LogP contribution in [-0.4, -0.2) is 37.7 Å². The van der Waals surface area contributed by atoms with Crippen molar-refractivity contribution >= 4 is 12.4 Å². The van der Waals surface area contributed by atoms with Crippen molar-refractivity contribution in [2.45, 2.75) is 32.7 Å². The van der Waals surface area contributed by atoms with Gasteiger partial charge in [0.15, 0.2) is 0 Å². The van der Waals surface area contributed by atoms with Crippen LogP contribution >= 0.6 is 12.4 Å². The van der Waals surface area contributed by atoms with Crippen LogP contribution in [0.5, 0.6) is 5.75 Å². The first-order valence-electron chi connectivity index (χ1n) is 8.03. The molecule has 0 amide bonds. The summed E-state index contributed by atoms with van der Waals surface area (Å²) in [6, 6.07) is 6.72. The Bertz CT molecular complexity index is 444. The number of ether oxygens (including phenoxy) is 1. The van der Waals surface area contributed by atoms with Crippen LogP contribution in [0.4, 0.5) is 0 Å². The zero-order chi connectivity index (χ0) is 13.8. The Labute approximate surface area is 134 Å². The molecule has 0 radical (unpaired) electrons. The Morgan fingerprint density at radius 1 is 1.29 bits per heavy atom. The molecule has 3 nitrogen and oxygen atoms in total. The zero-order valence-electron chi connectivity index (χ0n) is 12.9. The highest BCUT2D eigenvalue weighted by Gasteiger charge is 2.19. The maximum Gasteiger partial charge on any atom is 0.122 e. The molecule has 0 saturated carbocycles. The first kappa shape index (κ1) is 16.6. The number of piperidine rings is 1. The maximum atomic E-state index is 5.57. The number of hydrogen-bond donors (Lipinski definition) is 1. The van der Waals surface area contributed by atoms with E-state index >= 15 is 0 Å². The van der Waals surface area contributed by atoms with E-state index in [0.29, 0.717) is 0 Å². The highest BCUT2D eigenvalue weighted by molar-refractivity contribution is 5.85. The number of nitrogens with zero attached hydrogens (tertiary/aromatic N) is 1. The third-order valence-electron chi connectivity index (χ3n) is 4.55. The lowest BCUT2D eigenvalue weighted by Gasteiger charge is -2.32. The molecule has 2 aliphatic rings. The van der Waals surface area contributed by atoms with Crippen molar-refractivity contribution in [2.75, 3.05) is 32.8 Å². The minimum atomic E-state index is 0. The van der Waals surface area contributed by atoms with Crippen LogP contribution in [0.15, 0.2) is 18.2 Å². The van der Waals surface area contributed by atoms with Gasteiger partial charge in [-0.05, 0) is 62.1 Å². The number of nitrogens with one attached hydrogen (secondary N) is 1. The van der Waals surface area contributed by atoms with E-state index in [4.69, 9.17) is 4.74 Å². The van der Waals surface area contributed by atoms with E-state index in [9.17, 15) is 0 Å². The zero-order valence-corrected chi connectivity index (χ0v) is 13.8. The molecular weight excluding hydrogens is 284 g/mol. The summed E-state index contributed by atoms with van der Waals surface area (Å²) in [7, 11) is 0. The summed E-state index contributed by atoms with van der Waals surface area (Å²) in [5, 5.41) is 3.48. The van der Waals surface area contributed by atoms with E-state index < -0.39 is 0 Å². The first-order valence-corrected chi connectivity index (χ1v) is 8.03. The molecule has 0 bridgehead atoms. The number of hydrogen-bond acceptors (Lipinski definition) is 3. The molecule has 0 unspecified atom stereocenters. The van der Waals surface area contributed by atoms with Crippen LogP contribution in [0.3, 0.4) is 0 Å². The highest BCUT2D eigenvalue weighted by Crippen LogP contribution is 2.27. The van der Waals surface area contributed by atoms with E-state index in [1.165, 1.54) is 43.6 Å². The lowest BCUT2D eigenvalue weighted by molar-refractivity contribution is 0.176. The largest absolute Gasteiger partial charge is 0.493 e. The van der Waals surface area contributed by atoms with Crippen molar-refractivity contribution in [1.82, 2.24) is 10.2 Å². The number of halogens is 1. The molecule has 4 heteroatoms. The average molecular weight is 311 g/mol. The van der Waals surface area contributed by atoms with E-state index in [0.717, 1.165) is 37.8 Å². The third kappa shape index (κ3) is 4.35. The summed E-state index contributed by atoms with van der Waals surface area (Å²) in [5.41, 5.74) is 2.84. The van der Waals surface area contributed by atoms with E-state index in [2.05, 4.69) is 35.3 Å². The second-order valence-corrected chi connectivity index (χ2v) is 6.07. The van der Waals surface area contributed by atoms with Gasteiger partial charge in [-0.1, -0.05) is 19.1 Å². The lowest BCUT2D eigenvalue weighted by atomic mass is 9.96. The van der Waals surface area contributed by atoms with Gasteiger partial charge in [-0.15, -0.1) is 12.4 Å². The lowest BCUT2D eigenvalue weighted by Crippen LogP contribution is -2.36. The molecule has 118 valence electrons. The molecule has 0 aromatic heterocycles. The molecule has 1 saturated heterocycles. The van der Waals surface area contributed by atoms with Crippen LogP contribution in [-0.2, 0) is 13.0 Å². The molecule has 1 fully saturated rings. The summed E-state index contributed by atoms with van der Waals surface area (Å²) < 4.78 is 5.57. The smallest absolute Gasteiger partial charge is 0.122 e. The summed E-state index contributed by atoms with van der Waals surface area (Å²) in [5.74, 6) is 1.97. The van der Waals surface area contributed by atoms with Gasteiger partial charge in [0.1, 0.15) is 5.75 Å². The van der Waals surface area contributed by atoms with Crippen LogP contribution < -0.4 is 10.1 Å². The number of benzene rings is 1. The van der Waals surface area contributed by atoms with Gasteiger partial charge in [-0.3, -0.25) is 4.90 Å². The maximum absolute atomic E-state index is 5.57. The van der Waals surface area contributed by atoms with Gasteiger partial charge in [0.2, 0.25) is 0 Å². The van der Waals surface area contributed by atoms with Gasteiger partial charge < -0.3 is 10.1 Å². The fourth-order valence-electron chi connectivity index (χ4n) is 3.29. The fraction of sp³-hybridized carbons (Fsp3) is 0.647. The highest BCUT2D eigenvalue weighted by atomic mass is 35.5. The fourth-order valence-corrected chi connectivity index (χ4v) is 3.29. The Kier molecular flexibility index (Phi) is 6.34. The predicted molar refractivity (Wildman–Crippen MR) is 89.4 cm³/mol. The van der Waals surface area contributed by atoms with Crippen LogP contribution in [0, 0.1) is 5.92 Å². The number of likely N-dealkylation sites (tertiary alicyclic amines) is 1. The molecule has 2 heterocycles. The van der Waals surface area contributed by atoms with Crippen molar-refractivity contribution < 1.29 is 4.74 Å². The Morgan fingerprint density at radius 2 is 2.10 bits per heavy atom. The molecule has 0 atom stereocenters. The van der Waals surface area contributed by atoms with E-state index in [1.54, 1.807) is 0 Å². The molecule has 2 aliphatic heterocycles. The number of fused-ring (bicyclic) bond motifs is 1. The molecule has 1 N–H and O–H groups in total. The van der Waals surface area contributed by atoms with Gasteiger partial charge in [0.25, 0.3) is 0 Å². The van der Waals surface area contributed by atoms with E-state index in [1.807, 2.05) is 0 Å². The second kappa shape index (κ2) is 8.02. The standard InChI is InChI=1S/C17H26N2O.ClH/c1-2-18-12-14-5-8-19(9-6-14)13-15-3-4-17-16(11-15)7-10-20-17;/h3-4,11,14,18H,2,5-10,12-13H2,1H3;1H. The summed E-state index contributed by atoms with van der Waals surface area (Å²) in [4.78, 5) is 2.60. The van der Waals surface area contributed by atoms with Gasteiger partial charge in [-0.2, -0.15) is 0 Å². The minimum absolute atomic E-state index is 0. The third-order valence-corrected chi connectivity index (χ3v) is 4.55. The van der Waals surface area contributed by atoms with Gasteiger partial charge in [0, 0.05) is 13.0 Å². The Balaban J connectivity index is 0.00000161. The Hall–Kier alpha value is -0.770. The van der Waals surface area contributed by atoms with Gasteiger partial charge >= 0.3 is 0 Å². The van der Waals surface area contributed by atoms with Crippen LogP contribution in [0.25, 0.3) is 0 Å². The van der Waals surface area contributed by atoms with Crippen LogP contribution in [0.2, 0.25) is 0 Å². The molecule has 3 rings (SSSR count). The van der Waals surface area contributed by atoms with Crippen molar-refractivity contribution in [3.8, 4) is 5.75 Å². The van der Waals surface area contributed by atoms with Crippen molar-refractivity contribution in [2.24, 2.45) is 5.92 Å². The van der Waals surface area contributed by atoms with Gasteiger partial charge in [-0.25, -0.2) is 0 Å². The van der Waals surface area contributed by atoms with Gasteiger partial charge in [0.05, 0.1) is 6.61 Å². The summed E-state index contributed by atoms with van der Waals surface area (Å²) >= 11 is 0.